The first-order valence-electron chi connectivity index (χ1n) is 4.92. The molecule has 2 aromatic rings. The van der Waals surface area contributed by atoms with E-state index in [-0.39, 0.29) is 6.04 Å². The molecule has 1 unspecified atom stereocenters. The summed E-state index contributed by atoms with van der Waals surface area (Å²) in [4.78, 5) is 12.7. The lowest BCUT2D eigenvalue weighted by Gasteiger charge is -2.13. The molecule has 0 radical (unpaired) electrons. The van der Waals surface area contributed by atoms with Crippen LogP contribution in [0.15, 0.2) is 24.0 Å². The van der Waals surface area contributed by atoms with Crippen LogP contribution >= 0.6 is 11.3 Å². The zero-order chi connectivity index (χ0) is 11.4. The average Bonchev–Trinajstić information content (AvgIpc) is 2.80. The van der Waals surface area contributed by atoms with E-state index >= 15 is 0 Å². The highest BCUT2D eigenvalue weighted by Gasteiger charge is 2.13. The summed E-state index contributed by atoms with van der Waals surface area (Å²) < 4.78 is 0. The van der Waals surface area contributed by atoms with Crippen LogP contribution in [0.2, 0.25) is 0 Å². The highest BCUT2D eigenvalue weighted by Crippen LogP contribution is 2.16. The molecule has 3 N–H and O–H groups in total. The number of nitrogens with zero attached hydrogens (tertiary/aromatic N) is 3. The van der Waals surface area contributed by atoms with Gasteiger partial charge in [0.2, 0.25) is 0 Å². The van der Waals surface area contributed by atoms with Crippen molar-refractivity contribution in [2.24, 2.45) is 5.84 Å². The van der Waals surface area contributed by atoms with Crippen molar-refractivity contribution in [2.75, 3.05) is 0 Å². The van der Waals surface area contributed by atoms with Gasteiger partial charge in [0.25, 0.3) is 0 Å². The Morgan fingerprint density at radius 1 is 1.38 bits per heavy atom. The second kappa shape index (κ2) is 5.11. The van der Waals surface area contributed by atoms with Gasteiger partial charge in [0.05, 0.1) is 28.6 Å². The summed E-state index contributed by atoms with van der Waals surface area (Å²) in [5, 5.41) is 2.98. The van der Waals surface area contributed by atoms with Gasteiger partial charge in [-0.15, -0.1) is 11.3 Å². The van der Waals surface area contributed by atoms with Crippen LogP contribution in [0.5, 0.6) is 0 Å². The molecule has 0 spiro atoms. The number of nitrogens with one attached hydrogen (secondary N) is 1. The Bertz CT molecular complexity index is 425. The number of rotatable bonds is 4. The van der Waals surface area contributed by atoms with Gasteiger partial charge in [0, 0.05) is 24.2 Å². The zero-order valence-corrected chi connectivity index (χ0v) is 9.74. The van der Waals surface area contributed by atoms with Crippen LogP contribution in [0.1, 0.15) is 22.4 Å². The summed E-state index contributed by atoms with van der Waals surface area (Å²) in [6.07, 6.45) is 6.00. The van der Waals surface area contributed by atoms with Gasteiger partial charge in [-0.25, -0.2) is 4.98 Å². The van der Waals surface area contributed by atoms with Gasteiger partial charge >= 0.3 is 0 Å². The maximum absolute atomic E-state index is 5.52. The Balaban J connectivity index is 2.13. The lowest BCUT2D eigenvalue weighted by atomic mass is 10.1. The molecule has 0 amide bonds. The molecular weight excluding hydrogens is 222 g/mol. The van der Waals surface area contributed by atoms with E-state index in [9.17, 15) is 0 Å². The van der Waals surface area contributed by atoms with Crippen molar-refractivity contribution in [3.05, 3.63) is 40.4 Å². The third kappa shape index (κ3) is 2.60. The van der Waals surface area contributed by atoms with Crippen molar-refractivity contribution < 1.29 is 0 Å². The van der Waals surface area contributed by atoms with Crippen molar-refractivity contribution in [1.82, 2.24) is 20.4 Å². The Morgan fingerprint density at radius 3 is 2.81 bits per heavy atom. The Labute approximate surface area is 97.7 Å². The molecular formula is C10H13N5S. The molecule has 16 heavy (non-hydrogen) atoms. The number of aromatic nitrogens is 3. The summed E-state index contributed by atoms with van der Waals surface area (Å²) in [7, 11) is 0. The fourth-order valence-electron chi connectivity index (χ4n) is 1.36. The van der Waals surface area contributed by atoms with Gasteiger partial charge in [-0.2, -0.15) is 0 Å². The summed E-state index contributed by atoms with van der Waals surface area (Å²) >= 11 is 1.61. The van der Waals surface area contributed by atoms with E-state index in [0.717, 1.165) is 22.8 Å². The van der Waals surface area contributed by atoms with Crippen LogP contribution in [0.3, 0.4) is 0 Å². The minimum absolute atomic E-state index is 0.0424. The quantitative estimate of drug-likeness (QED) is 0.610. The van der Waals surface area contributed by atoms with Gasteiger partial charge in [-0.1, -0.05) is 0 Å². The Hall–Kier alpha value is -1.37. The number of hydrazine groups is 1. The van der Waals surface area contributed by atoms with Gasteiger partial charge in [0.15, 0.2) is 0 Å². The van der Waals surface area contributed by atoms with E-state index in [4.69, 9.17) is 5.84 Å². The normalized spacial score (nSPS) is 12.6. The first kappa shape index (κ1) is 11.1. The maximum atomic E-state index is 5.52. The summed E-state index contributed by atoms with van der Waals surface area (Å²) in [5.41, 5.74) is 4.47. The van der Waals surface area contributed by atoms with Crippen LogP contribution in [0.25, 0.3) is 0 Å². The van der Waals surface area contributed by atoms with Crippen molar-refractivity contribution >= 4 is 11.3 Å². The Morgan fingerprint density at radius 2 is 2.25 bits per heavy atom. The summed E-state index contributed by atoms with van der Waals surface area (Å²) in [6.45, 7) is 1.91. The SMILES string of the molecule is Cc1cnc(C(Cc2nccs2)NN)cn1. The largest absolute Gasteiger partial charge is 0.271 e. The van der Waals surface area contributed by atoms with E-state index in [0.29, 0.717) is 0 Å². The summed E-state index contributed by atoms with van der Waals surface area (Å²) in [6, 6.07) is -0.0424. The highest BCUT2D eigenvalue weighted by molar-refractivity contribution is 7.09. The highest BCUT2D eigenvalue weighted by atomic mass is 32.1. The maximum Gasteiger partial charge on any atom is 0.0944 e. The van der Waals surface area contributed by atoms with Gasteiger partial charge in [-0.3, -0.25) is 21.2 Å². The van der Waals surface area contributed by atoms with E-state index in [1.54, 1.807) is 29.9 Å². The van der Waals surface area contributed by atoms with Crippen molar-refractivity contribution in [2.45, 2.75) is 19.4 Å². The van der Waals surface area contributed by atoms with Crippen LogP contribution in [0, 0.1) is 6.92 Å². The molecule has 0 fully saturated rings. The molecule has 0 aliphatic rings. The predicted octanol–water partition coefficient (Wildman–Crippen LogP) is 0.989. The van der Waals surface area contributed by atoms with Crippen molar-refractivity contribution in [3.8, 4) is 0 Å². The molecule has 84 valence electrons. The standard InChI is InChI=1S/C10H13N5S/c1-7-5-14-9(6-13-7)8(15-11)4-10-12-2-3-16-10/h2-3,5-6,8,15H,4,11H2,1H3. The van der Waals surface area contributed by atoms with Crippen LogP contribution < -0.4 is 11.3 Å². The fourth-order valence-corrected chi connectivity index (χ4v) is 2.02. The topological polar surface area (TPSA) is 76.7 Å². The smallest absolute Gasteiger partial charge is 0.0944 e. The number of nitrogens with two attached hydrogens (primary N) is 1. The lowest BCUT2D eigenvalue weighted by Crippen LogP contribution is -2.30. The Kier molecular flexibility index (Phi) is 3.55. The third-order valence-corrected chi connectivity index (χ3v) is 3.02. The molecule has 5 nitrogen and oxygen atoms in total. The minimum Gasteiger partial charge on any atom is -0.271 e. The van der Waals surface area contributed by atoms with Crippen molar-refractivity contribution in [1.29, 1.82) is 0 Å². The van der Waals surface area contributed by atoms with Gasteiger partial charge < -0.3 is 0 Å². The molecule has 2 aromatic heterocycles. The number of hydrogen-bond acceptors (Lipinski definition) is 6. The molecule has 0 bridgehead atoms. The average molecular weight is 235 g/mol. The van der Waals surface area contributed by atoms with Crippen LogP contribution in [-0.4, -0.2) is 15.0 Å². The number of thiazole rings is 1. The van der Waals surface area contributed by atoms with Gasteiger partial charge in [-0.05, 0) is 6.92 Å². The van der Waals surface area contributed by atoms with Gasteiger partial charge in [0.1, 0.15) is 0 Å². The zero-order valence-electron chi connectivity index (χ0n) is 8.92. The molecule has 1 atom stereocenters. The van der Waals surface area contributed by atoms with E-state index in [1.807, 2.05) is 12.3 Å². The lowest BCUT2D eigenvalue weighted by molar-refractivity contribution is 0.534. The fraction of sp³-hybridized carbons (Fsp3) is 0.300. The predicted molar refractivity (Wildman–Crippen MR) is 62.7 cm³/mol. The minimum atomic E-state index is -0.0424. The van der Waals surface area contributed by atoms with Crippen molar-refractivity contribution in [3.63, 3.8) is 0 Å². The molecule has 0 aliphatic carbocycles. The monoisotopic (exact) mass is 235 g/mol. The molecule has 0 aromatic carbocycles. The first-order valence-corrected chi connectivity index (χ1v) is 5.80. The molecule has 6 heteroatoms. The second-order valence-corrected chi connectivity index (χ2v) is 4.41. The number of hydrogen-bond donors (Lipinski definition) is 2. The molecule has 2 rings (SSSR count). The molecule has 2 heterocycles. The first-order chi connectivity index (χ1) is 7.79. The molecule has 0 saturated carbocycles. The van der Waals surface area contributed by atoms with E-state index in [1.165, 1.54) is 0 Å². The summed E-state index contributed by atoms with van der Waals surface area (Å²) in [5.74, 6) is 5.52. The molecule has 0 aliphatic heterocycles. The molecule has 0 saturated heterocycles. The van der Waals surface area contributed by atoms with E-state index < -0.39 is 0 Å². The third-order valence-electron chi connectivity index (χ3n) is 2.22. The van der Waals surface area contributed by atoms with E-state index in [2.05, 4.69) is 20.4 Å². The van der Waals surface area contributed by atoms with Crippen LogP contribution in [-0.2, 0) is 6.42 Å². The second-order valence-electron chi connectivity index (χ2n) is 3.43. The van der Waals surface area contributed by atoms with Crippen LogP contribution in [0.4, 0.5) is 0 Å². The number of aryl methyl sites for hydroxylation is 1.